The second-order valence-corrected chi connectivity index (χ2v) is 5.25. The third kappa shape index (κ3) is 4.86. The summed E-state index contributed by atoms with van der Waals surface area (Å²) in [6, 6.07) is 6.89. The van der Waals surface area contributed by atoms with E-state index in [1.165, 1.54) is 7.11 Å². The van der Waals surface area contributed by atoms with E-state index in [1.807, 2.05) is 0 Å². The van der Waals surface area contributed by atoms with Crippen LogP contribution in [0.2, 0.25) is 0 Å². The molecule has 0 spiro atoms. The van der Waals surface area contributed by atoms with Gasteiger partial charge in [-0.1, -0.05) is 12.1 Å². The van der Waals surface area contributed by atoms with E-state index in [0.717, 1.165) is 31.6 Å². The molecule has 1 aliphatic heterocycles. The molecule has 1 amide bonds. The van der Waals surface area contributed by atoms with E-state index >= 15 is 0 Å². The minimum atomic E-state index is -0.372. The number of rotatable bonds is 5. The Bertz CT molecular complexity index is 478. The molecule has 1 heterocycles. The van der Waals surface area contributed by atoms with Gasteiger partial charge in [0.1, 0.15) is 0 Å². The minimum Gasteiger partial charge on any atom is -0.465 e. The summed E-state index contributed by atoms with van der Waals surface area (Å²) < 4.78 is 10.0. The summed E-state index contributed by atoms with van der Waals surface area (Å²) >= 11 is 0. The number of benzene rings is 1. The van der Waals surface area contributed by atoms with E-state index in [0.29, 0.717) is 24.4 Å². The lowest BCUT2D eigenvalue weighted by Crippen LogP contribution is -2.34. The predicted octanol–water partition coefficient (Wildman–Crippen LogP) is 1.56. The molecule has 0 aliphatic carbocycles. The average Bonchev–Trinajstić information content (AvgIpc) is 2.54. The molecule has 0 radical (unpaired) electrons. The number of methoxy groups -OCH3 is 1. The van der Waals surface area contributed by atoms with Gasteiger partial charge < -0.3 is 14.8 Å². The highest BCUT2D eigenvalue weighted by molar-refractivity contribution is 5.89. The number of carbonyl (C=O) groups excluding carboxylic acids is 2. The van der Waals surface area contributed by atoms with Crippen LogP contribution in [0.3, 0.4) is 0 Å². The molecule has 1 fully saturated rings. The second-order valence-electron chi connectivity index (χ2n) is 5.25. The fraction of sp³-hybridized carbons (Fsp3) is 0.500. The Morgan fingerprint density at radius 3 is 2.71 bits per heavy atom. The number of hydrogen-bond acceptors (Lipinski definition) is 4. The maximum atomic E-state index is 11.9. The zero-order valence-electron chi connectivity index (χ0n) is 12.3. The molecule has 0 saturated carbocycles. The third-order valence-electron chi connectivity index (χ3n) is 3.58. The summed E-state index contributed by atoms with van der Waals surface area (Å²) in [5, 5.41) is 2.94. The van der Waals surface area contributed by atoms with Crippen molar-refractivity contribution in [2.75, 3.05) is 26.9 Å². The molecule has 1 N–H and O–H groups in total. The van der Waals surface area contributed by atoms with Crippen LogP contribution in [0.1, 0.15) is 28.8 Å². The summed E-state index contributed by atoms with van der Waals surface area (Å²) in [5.74, 6) is 0.0408. The molecule has 5 nitrogen and oxygen atoms in total. The van der Waals surface area contributed by atoms with Gasteiger partial charge in [-0.25, -0.2) is 4.79 Å². The molecule has 1 atom stereocenters. The average molecular weight is 291 g/mol. The molecular weight excluding hydrogens is 270 g/mol. The Labute approximate surface area is 124 Å². The molecule has 2 rings (SSSR count). The van der Waals surface area contributed by atoms with E-state index in [2.05, 4.69) is 10.1 Å². The number of esters is 1. The van der Waals surface area contributed by atoms with Crippen molar-refractivity contribution in [1.82, 2.24) is 5.32 Å². The van der Waals surface area contributed by atoms with Gasteiger partial charge in [0.2, 0.25) is 5.91 Å². The molecule has 0 bridgehead atoms. The normalized spacial score (nSPS) is 18.0. The van der Waals surface area contributed by atoms with E-state index in [-0.39, 0.29) is 11.9 Å². The third-order valence-corrected chi connectivity index (χ3v) is 3.58. The van der Waals surface area contributed by atoms with Crippen molar-refractivity contribution in [1.29, 1.82) is 0 Å². The minimum absolute atomic E-state index is 0.00797. The Balaban J connectivity index is 1.77. The molecule has 1 saturated heterocycles. The van der Waals surface area contributed by atoms with Crippen molar-refractivity contribution >= 4 is 11.9 Å². The summed E-state index contributed by atoms with van der Waals surface area (Å²) in [7, 11) is 1.35. The molecule has 1 unspecified atom stereocenters. The maximum absolute atomic E-state index is 11.9. The largest absolute Gasteiger partial charge is 0.465 e. The van der Waals surface area contributed by atoms with E-state index < -0.39 is 0 Å². The SMILES string of the molecule is COC(=O)c1ccc(CC(=O)NCC2CCCOC2)cc1. The lowest BCUT2D eigenvalue weighted by Gasteiger charge is -2.22. The van der Waals surface area contributed by atoms with Gasteiger partial charge in [0.05, 0.1) is 25.7 Å². The Morgan fingerprint density at radius 1 is 1.33 bits per heavy atom. The Hall–Kier alpha value is -1.88. The highest BCUT2D eigenvalue weighted by Crippen LogP contribution is 2.12. The molecule has 1 aliphatic rings. The first-order valence-electron chi connectivity index (χ1n) is 7.20. The van der Waals surface area contributed by atoms with Gasteiger partial charge >= 0.3 is 5.97 Å². The van der Waals surface area contributed by atoms with Crippen LogP contribution in [0, 0.1) is 5.92 Å². The van der Waals surface area contributed by atoms with Gasteiger partial charge in [-0.15, -0.1) is 0 Å². The van der Waals surface area contributed by atoms with Gasteiger partial charge in [0.15, 0.2) is 0 Å². The summed E-state index contributed by atoms with van der Waals surface area (Å²) in [6.45, 7) is 2.23. The summed E-state index contributed by atoms with van der Waals surface area (Å²) in [5.41, 5.74) is 1.36. The highest BCUT2D eigenvalue weighted by atomic mass is 16.5. The van der Waals surface area contributed by atoms with Gasteiger partial charge in [-0.2, -0.15) is 0 Å². The number of hydrogen-bond donors (Lipinski definition) is 1. The molecule has 1 aromatic rings. The number of carbonyl (C=O) groups is 2. The number of nitrogens with one attached hydrogen (secondary N) is 1. The number of amides is 1. The fourth-order valence-corrected chi connectivity index (χ4v) is 2.35. The van der Waals surface area contributed by atoms with Gasteiger partial charge in [-0.05, 0) is 36.5 Å². The van der Waals surface area contributed by atoms with Crippen LogP contribution in [0.25, 0.3) is 0 Å². The predicted molar refractivity (Wildman–Crippen MR) is 78.0 cm³/mol. The quantitative estimate of drug-likeness (QED) is 0.836. The summed E-state index contributed by atoms with van der Waals surface area (Å²) in [6.07, 6.45) is 2.48. The van der Waals surface area contributed by atoms with Crippen LogP contribution >= 0.6 is 0 Å². The first-order chi connectivity index (χ1) is 10.2. The van der Waals surface area contributed by atoms with Crippen molar-refractivity contribution in [2.45, 2.75) is 19.3 Å². The lowest BCUT2D eigenvalue weighted by molar-refractivity contribution is -0.120. The van der Waals surface area contributed by atoms with Crippen LogP contribution in [0.4, 0.5) is 0 Å². The molecule has 5 heteroatoms. The van der Waals surface area contributed by atoms with Crippen molar-refractivity contribution in [3.05, 3.63) is 35.4 Å². The monoisotopic (exact) mass is 291 g/mol. The van der Waals surface area contributed by atoms with Crippen molar-refractivity contribution in [2.24, 2.45) is 5.92 Å². The zero-order chi connectivity index (χ0) is 15.1. The van der Waals surface area contributed by atoms with Crippen molar-refractivity contribution < 1.29 is 19.1 Å². The van der Waals surface area contributed by atoms with Gasteiger partial charge in [0.25, 0.3) is 0 Å². The second kappa shape index (κ2) is 7.78. The standard InChI is InChI=1S/C16H21NO4/c1-20-16(19)14-6-4-12(5-7-14)9-15(18)17-10-13-3-2-8-21-11-13/h4-7,13H,2-3,8-11H2,1H3,(H,17,18). The Kier molecular flexibility index (Phi) is 5.75. The van der Waals surface area contributed by atoms with E-state index in [4.69, 9.17) is 4.74 Å². The molecule has 21 heavy (non-hydrogen) atoms. The molecular formula is C16H21NO4. The van der Waals surface area contributed by atoms with Gasteiger partial charge in [-0.3, -0.25) is 4.79 Å². The van der Waals surface area contributed by atoms with Crippen LogP contribution in [-0.4, -0.2) is 38.7 Å². The lowest BCUT2D eigenvalue weighted by atomic mass is 10.0. The maximum Gasteiger partial charge on any atom is 0.337 e. The number of ether oxygens (including phenoxy) is 2. The topological polar surface area (TPSA) is 64.6 Å². The summed E-state index contributed by atoms with van der Waals surface area (Å²) in [4.78, 5) is 23.2. The fourth-order valence-electron chi connectivity index (χ4n) is 2.35. The van der Waals surface area contributed by atoms with Crippen LogP contribution in [-0.2, 0) is 20.7 Å². The van der Waals surface area contributed by atoms with Crippen LogP contribution < -0.4 is 5.32 Å². The van der Waals surface area contributed by atoms with E-state index in [1.54, 1.807) is 24.3 Å². The first-order valence-corrected chi connectivity index (χ1v) is 7.20. The zero-order valence-corrected chi connectivity index (χ0v) is 12.3. The van der Waals surface area contributed by atoms with Crippen molar-refractivity contribution in [3.63, 3.8) is 0 Å². The highest BCUT2D eigenvalue weighted by Gasteiger charge is 2.15. The molecule has 114 valence electrons. The molecule has 0 aromatic heterocycles. The Morgan fingerprint density at radius 2 is 2.10 bits per heavy atom. The smallest absolute Gasteiger partial charge is 0.337 e. The van der Waals surface area contributed by atoms with Crippen LogP contribution in [0.5, 0.6) is 0 Å². The van der Waals surface area contributed by atoms with Crippen molar-refractivity contribution in [3.8, 4) is 0 Å². The van der Waals surface area contributed by atoms with Crippen LogP contribution in [0.15, 0.2) is 24.3 Å². The van der Waals surface area contributed by atoms with E-state index in [9.17, 15) is 9.59 Å². The molecule has 1 aromatic carbocycles. The first kappa shape index (κ1) is 15.5. The van der Waals surface area contributed by atoms with Gasteiger partial charge in [0, 0.05) is 13.2 Å².